The van der Waals surface area contributed by atoms with E-state index in [4.69, 9.17) is 0 Å². The van der Waals surface area contributed by atoms with Crippen molar-refractivity contribution in [2.45, 2.75) is 32.6 Å². The van der Waals surface area contributed by atoms with Gasteiger partial charge in [0.05, 0.1) is 11.0 Å². The van der Waals surface area contributed by atoms with E-state index in [-0.39, 0.29) is 23.9 Å². The average molecular weight is 474 g/mol. The van der Waals surface area contributed by atoms with E-state index in [1.807, 2.05) is 0 Å². The third kappa shape index (κ3) is 4.66. The van der Waals surface area contributed by atoms with Gasteiger partial charge >= 0.3 is 6.18 Å². The first-order valence-electron chi connectivity index (χ1n) is 8.47. The highest BCUT2D eigenvalue weighted by Gasteiger charge is 2.35. The maximum atomic E-state index is 13.8. The van der Waals surface area contributed by atoms with Gasteiger partial charge in [0.25, 0.3) is 0 Å². The van der Waals surface area contributed by atoms with Crippen LogP contribution in [-0.2, 0) is 17.5 Å². The van der Waals surface area contributed by atoms with Gasteiger partial charge in [-0.3, -0.25) is 14.2 Å². The Kier molecular flexibility index (Phi) is 5.78. The number of hydrogen-bond acceptors (Lipinski definition) is 3. The Labute approximate surface area is 171 Å². The second-order valence-corrected chi connectivity index (χ2v) is 7.25. The summed E-state index contributed by atoms with van der Waals surface area (Å²) in [4.78, 5) is 12.5. The molecule has 29 heavy (non-hydrogen) atoms. The lowest BCUT2D eigenvalue weighted by atomic mass is 10.2. The number of benzene rings is 1. The number of carbonyl (C=O) groups is 1. The Hall–Kier alpha value is -2.69. The molecule has 0 bridgehead atoms. The predicted molar refractivity (Wildman–Crippen MR) is 101 cm³/mol. The minimum absolute atomic E-state index is 0.143. The van der Waals surface area contributed by atoms with Crippen LogP contribution in [0.15, 0.2) is 41.0 Å². The van der Waals surface area contributed by atoms with Crippen molar-refractivity contribution >= 4 is 27.7 Å². The van der Waals surface area contributed by atoms with Crippen molar-refractivity contribution in [1.29, 1.82) is 0 Å². The van der Waals surface area contributed by atoms with Gasteiger partial charge in [0.2, 0.25) is 5.91 Å². The summed E-state index contributed by atoms with van der Waals surface area (Å²) in [5.74, 6) is -0.811. The molecule has 0 radical (unpaired) electrons. The summed E-state index contributed by atoms with van der Waals surface area (Å²) in [5, 5.41) is 10.2. The molecule has 0 spiro atoms. The van der Waals surface area contributed by atoms with Crippen molar-refractivity contribution < 1.29 is 22.4 Å². The van der Waals surface area contributed by atoms with Gasteiger partial charge in [-0.05, 0) is 41.9 Å². The summed E-state index contributed by atoms with van der Waals surface area (Å²) < 4.78 is 55.2. The molecule has 1 aromatic carbocycles. The molecule has 1 amide bonds. The molecule has 0 aliphatic rings. The van der Waals surface area contributed by atoms with Crippen molar-refractivity contribution in [2.75, 3.05) is 5.32 Å². The largest absolute Gasteiger partial charge is 0.435 e. The van der Waals surface area contributed by atoms with Crippen LogP contribution >= 0.6 is 15.9 Å². The molecule has 1 N–H and O–H groups in total. The topological polar surface area (TPSA) is 64.7 Å². The minimum Gasteiger partial charge on any atom is -0.306 e. The first-order chi connectivity index (χ1) is 13.6. The summed E-state index contributed by atoms with van der Waals surface area (Å²) in [6.07, 6.45) is -3.03. The van der Waals surface area contributed by atoms with Gasteiger partial charge in [0.15, 0.2) is 11.5 Å². The zero-order valence-electron chi connectivity index (χ0n) is 15.3. The molecule has 6 nitrogen and oxygen atoms in total. The number of hydrogen-bond donors (Lipinski definition) is 1. The average Bonchev–Trinajstić information content (AvgIpc) is 3.19. The second-order valence-electron chi connectivity index (χ2n) is 6.39. The highest BCUT2D eigenvalue weighted by atomic mass is 79.9. The minimum atomic E-state index is -4.60. The van der Waals surface area contributed by atoms with Gasteiger partial charge < -0.3 is 5.32 Å². The lowest BCUT2D eigenvalue weighted by Gasteiger charge is -2.13. The van der Waals surface area contributed by atoms with Crippen molar-refractivity contribution in [3.8, 4) is 0 Å². The molecule has 0 saturated heterocycles. The number of aromatic nitrogens is 4. The zero-order valence-corrected chi connectivity index (χ0v) is 16.9. The van der Waals surface area contributed by atoms with E-state index in [9.17, 15) is 22.4 Å². The molecule has 1 unspecified atom stereocenters. The molecular weight excluding hydrogens is 458 g/mol. The van der Waals surface area contributed by atoms with Gasteiger partial charge in [-0.15, -0.1) is 0 Å². The smallest absolute Gasteiger partial charge is 0.306 e. The number of amides is 1. The van der Waals surface area contributed by atoms with E-state index >= 15 is 0 Å². The van der Waals surface area contributed by atoms with Crippen LogP contribution in [0, 0.1) is 12.7 Å². The number of aryl methyl sites for hydroxylation is 1. The summed E-state index contributed by atoms with van der Waals surface area (Å²) in [6.45, 7) is 3.01. The lowest BCUT2D eigenvalue weighted by molar-refractivity contribution is -0.141. The fourth-order valence-corrected chi connectivity index (χ4v) is 3.13. The maximum absolute atomic E-state index is 13.8. The fourth-order valence-electron chi connectivity index (χ4n) is 2.71. The van der Waals surface area contributed by atoms with Crippen LogP contribution in [-0.4, -0.2) is 25.5 Å². The van der Waals surface area contributed by atoms with Crippen molar-refractivity contribution in [2.24, 2.45) is 0 Å². The molecule has 1 atom stereocenters. The zero-order chi connectivity index (χ0) is 21.3. The van der Waals surface area contributed by atoms with Crippen LogP contribution in [0.4, 0.5) is 23.4 Å². The highest BCUT2D eigenvalue weighted by Crippen LogP contribution is 2.29. The number of carbonyl (C=O) groups excluding carboxylic acids is 1. The lowest BCUT2D eigenvalue weighted by Crippen LogP contribution is -2.26. The summed E-state index contributed by atoms with van der Waals surface area (Å²) in [7, 11) is 0. The number of alkyl halides is 3. The monoisotopic (exact) mass is 473 g/mol. The van der Waals surface area contributed by atoms with E-state index in [1.54, 1.807) is 24.4 Å². The number of nitrogens with one attached hydrogen (secondary N) is 1. The van der Waals surface area contributed by atoms with Crippen molar-refractivity contribution in [1.82, 2.24) is 19.6 Å². The molecule has 0 saturated carbocycles. The highest BCUT2D eigenvalue weighted by molar-refractivity contribution is 9.10. The Morgan fingerprint density at radius 3 is 2.59 bits per heavy atom. The normalized spacial score (nSPS) is 12.8. The van der Waals surface area contributed by atoms with Crippen LogP contribution in [0.25, 0.3) is 0 Å². The van der Waals surface area contributed by atoms with Crippen LogP contribution in [0.3, 0.4) is 0 Å². The third-order valence-corrected chi connectivity index (χ3v) is 4.79. The third-order valence-electron chi connectivity index (χ3n) is 4.21. The first kappa shape index (κ1) is 21.0. The molecule has 2 heterocycles. The molecule has 0 fully saturated rings. The molecule has 3 aromatic rings. The van der Waals surface area contributed by atoms with E-state index in [0.717, 1.165) is 10.7 Å². The van der Waals surface area contributed by atoms with E-state index in [0.29, 0.717) is 10.0 Å². The SMILES string of the molecule is Cc1cc(C(F)(F)F)nn1C(C)C(=O)Nc1nn(Cc2ccccc2F)cc1Br. The Balaban J connectivity index is 1.75. The predicted octanol–water partition coefficient (Wildman–Crippen LogP) is 4.56. The molecular formula is C18H16BrF4N5O. The van der Waals surface area contributed by atoms with Crippen LogP contribution in [0.5, 0.6) is 0 Å². The summed E-state index contributed by atoms with van der Waals surface area (Å²) in [6, 6.07) is 6.09. The quantitative estimate of drug-likeness (QED) is 0.552. The molecule has 2 aromatic heterocycles. The number of rotatable bonds is 5. The summed E-state index contributed by atoms with van der Waals surface area (Å²) >= 11 is 3.26. The maximum Gasteiger partial charge on any atom is 0.435 e. The standard InChI is InChI=1S/C18H16BrF4N5O/c1-10-7-15(18(21,22)23)25-28(10)11(2)17(29)24-16-13(19)9-27(26-16)8-12-5-3-4-6-14(12)20/h3-7,9,11H,8H2,1-2H3,(H,24,26,29). The molecule has 0 aliphatic heterocycles. The van der Waals surface area contributed by atoms with Gasteiger partial charge in [-0.1, -0.05) is 18.2 Å². The fraction of sp³-hybridized carbons (Fsp3) is 0.278. The number of nitrogens with zero attached hydrogens (tertiary/aromatic N) is 4. The first-order valence-corrected chi connectivity index (χ1v) is 9.26. The Morgan fingerprint density at radius 1 is 1.28 bits per heavy atom. The van der Waals surface area contributed by atoms with E-state index in [1.165, 1.54) is 24.6 Å². The van der Waals surface area contributed by atoms with Crippen LogP contribution in [0.2, 0.25) is 0 Å². The molecule has 11 heteroatoms. The van der Waals surface area contributed by atoms with E-state index < -0.39 is 23.8 Å². The van der Waals surface area contributed by atoms with Gasteiger partial charge in [-0.2, -0.15) is 23.4 Å². The van der Waals surface area contributed by atoms with Crippen molar-refractivity contribution in [3.05, 3.63) is 63.8 Å². The molecule has 3 rings (SSSR count). The summed E-state index contributed by atoms with van der Waals surface area (Å²) in [5.41, 5.74) is -0.449. The number of anilines is 1. The van der Waals surface area contributed by atoms with Crippen molar-refractivity contribution in [3.63, 3.8) is 0 Å². The van der Waals surface area contributed by atoms with Crippen LogP contribution in [0.1, 0.15) is 29.9 Å². The molecule has 0 aliphatic carbocycles. The van der Waals surface area contributed by atoms with Gasteiger partial charge in [0, 0.05) is 17.5 Å². The number of halogens is 5. The van der Waals surface area contributed by atoms with Gasteiger partial charge in [-0.25, -0.2) is 4.39 Å². The molecule has 154 valence electrons. The van der Waals surface area contributed by atoms with Crippen LogP contribution < -0.4 is 5.32 Å². The van der Waals surface area contributed by atoms with E-state index in [2.05, 4.69) is 31.4 Å². The second kappa shape index (κ2) is 7.97. The van der Waals surface area contributed by atoms with Gasteiger partial charge in [0.1, 0.15) is 11.9 Å². The Bertz CT molecular complexity index is 1040. The Morgan fingerprint density at radius 2 is 1.97 bits per heavy atom.